The SMILES string of the molecule is COC(=O)C1CC1c1ccc(O[C@@H]2CCc3c2cccc3C(F)(F)F)cc1OC. The number of esters is 1. The Kier molecular flexibility index (Phi) is 4.92. The van der Waals surface area contributed by atoms with Gasteiger partial charge in [-0.05, 0) is 48.1 Å². The lowest BCUT2D eigenvalue weighted by Gasteiger charge is -2.18. The monoisotopic (exact) mass is 406 g/mol. The van der Waals surface area contributed by atoms with E-state index in [-0.39, 0.29) is 17.8 Å². The summed E-state index contributed by atoms with van der Waals surface area (Å²) >= 11 is 0. The van der Waals surface area contributed by atoms with Gasteiger partial charge in [-0.15, -0.1) is 0 Å². The van der Waals surface area contributed by atoms with Gasteiger partial charge in [0.1, 0.15) is 17.6 Å². The third-order valence-corrected chi connectivity index (χ3v) is 5.70. The molecule has 4 rings (SSSR count). The smallest absolute Gasteiger partial charge is 0.416 e. The maximum absolute atomic E-state index is 13.2. The molecule has 154 valence electrons. The average Bonchev–Trinajstić information content (AvgIpc) is 3.40. The third kappa shape index (κ3) is 3.66. The summed E-state index contributed by atoms with van der Waals surface area (Å²) in [6.07, 6.45) is -3.29. The minimum absolute atomic E-state index is 0.0491. The van der Waals surface area contributed by atoms with Crippen LogP contribution in [0.1, 0.15) is 47.1 Å². The second kappa shape index (κ2) is 7.28. The molecular formula is C22H21F3O4. The summed E-state index contributed by atoms with van der Waals surface area (Å²) < 4.78 is 56.0. The first-order valence-electron chi connectivity index (χ1n) is 9.45. The number of alkyl halides is 3. The largest absolute Gasteiger partial charge is 0.496 e. The number of hydrogen-bond acceptors (Lipinski definition) is 4. The highest BCUT2D eigenvalue weighted by Gasteiger charge is 2.46. The van der Waals surface area contributed by atoms with Gasteiger partial charge in [-0.1, -0.05) is 18.2 Å². The highest BCUT2D eigenvalue weighted by molar-refractivity contribution is 5.77. The van der Waals surface area contributed by atoms with Crippen LogP contribution in [-0.2, 0) is 22.1 Å². The molecule has 29 heavy (non-hydrogen) atoms. The van der Waals surface area contributed by atoms with Gasteiger partial charge in [-0.3, -0.25) is 4.79 Å². The minimum atomic E-state index is -4.37. The Bertz CT molecular complexity index is 938. The summed E-state index contributed by atoms with van der Waals surface area (Å²) in [4.78, 5) is 11.7. The van der Waals surface area contributed by atoms with Gasteiger partial charge in [-0.2, -0.15) is 13.2 Å². The van der Waals surface area contributed by atoms with E-state index in [1.54, 1.807) is 25.3 Å². The molecule has 2 aromatic rings. The Morgan fingerprint density at radius 3 is 2.59 bits per heavy atom. The normalized spacial score (nSPS) is 22.7. The van der Waals surface area contributed by atoms with Gasteiger partial charge in [0.25, 0.3) is 0 Å². The molecular weight excluding hydrogens is 385 g/mol. The molecule has 0 heterocycles. The molecule has 2 aliphatic rings. The van der Waals surface area contributed by atoms with Crippen LogP contribution in [0.4, 0.5) is 13.2 Å². The fourth-order valence-corrected chi connectivity index (χ4v) is 4.19. The molecule has 1 fully saturated rings. The summed E-state index contributed by atoms with van der Waals surface area (Å²) in [6.45, 7) is 0. The van der Waals surface area contributed by atoms with Crippen LogP contribution >= 0.6 is 0 Å². The molecule has 0 N–H and O–H groups in total. The Hall–Kier alpha value is -2.70. The molecule has 2 aliphatic carbocycles. The molecule has 2 unspecified atom stereocenters. The van der Waals surface area contributed by atoms with Crippen LogP contribution in [0.15, 0.2) is 36.4 Å². The number of carbonyl (C=O) groups excluding carboxylic acids is 1. The zero-order chi connectivity index (χ0) is 20.8. The molecule has 0 spiro atoms. The topological polar surface area (TPSA) is 44.8 Å². The summed E-state index contributed by atoms with van der Waals surface area (Å²) in [5, 5.41) is 0. The van der Waals surface area contributed by atoms with Gasteiger partial charge < -0.3 is 14.2 Å². The number of carbonyl (C=O) groups is 1. The van der Waals surface area contributed by atoms with Crippen molar-refractivity contribution in [2.24, 2.45) is 5.92 Å². The van der Waals surface area contributed by atoms with Crippen LogP contribution in [0.25, 0.3) is 0 Å². The van der Waals surface area contributed by atoms with Gasteiger partial charge in [0.15, 0.2) is 0 Å². The number of ether oxygens (including phenoxy) is 3. The molecule has 0 aromatic heterocycles. The summed E-state index contributed by atoms with van der Waals surface area (Å²) in [7, 11) is 2.91. The second-order valence-corrected chi connectivity index (χ2v) is 7.39. The zero-order valence-electron chi connectivity index (χ0n) is 16.1. The molecule has 0 saturated heterocycles. The molecule has 4 nitrogen and oxygen atoms in total. The predicted molar refractivity (Wildman–Crippen MR) is 99.0 cm³/mol. The maximum Gasteiger partial charge on any atom is 0.416 e. The van der Waals surface area contributed by atoms with Crippen molar-refractivity contribution < 1.29 is 32.2 Å². The molecule has 0 amide bonds. The fraction of sp³-hybridized carbons (Fsp3) is 0.409. The van der Waals surface area contributed by atoms with E-state index in [4.69, 9.17) is 14.2 Å². The van der Waals surface area contributed by atoms with Crippen LogP contribution < -0.4 is 9.47 Å². The van der Waals surface area contributed by atoms with Crippen LogP contribution in [0.5, 0.6) is 11.5 Å². The van der Waals surface area contributed by atoms with Crippen molar-refractivity contribution in [1.29, 1.82) is 0 Å². The quantitative estimate of drug-likeness (QED) is 0.652. The lowest BCUT2D eigenvalue weighted by atomic mass is 10.0. The van der Waals surface area contributed by atoms with Crippen molar-refractivity contribution in [2.75, 3.05) is 14.2 Å². The zero-order valence-corrected chi connectivity index (χ0v) is 16.1. The first-order valence-corrected chi connectivity index (χ1v) is 9.45. The summed E-state index contributed by atoms with van der Waals surface area (Å²) in [5.74, 6) is 0.772. The third-order valence-electron chi connectivity index (χ3n) is 5.70. The fourth-order valence-electron chi connectivity index (χ4n) is 4.19. The van der Waals surface area contributed by atoms with Gasteiger partial charge in [0.05, 0.1) is 25.7 Å². The number of benzene rings is 2. The Morgan fingerprint density at radius 2 is 1.90 bits per heavy atom. The van der Waals surface area contributed by atoms with Crippen LogP contribution in [0, 0.1) is 5.92 Å². The van der Waals surface area contributed by atoms with Crippen LogP contribution in [0.2, 0.25) is 0 Å². The van der Waals surface area contributed by atoms with E-state index in [9.17, 15) is 18.0 Å². The van der Waals surface area contributed by atoms with Gasteiger partial charge in [-0.25, -0.2) is 0 Å². The van der Waals surface area contributed by atoms with E-state index < -0.39 is 17.8 Å². The van der Waals surface area contributed by atoms with Crippen molar-refractivity contribution in [3.63, 3.8) is 0 Å². The molecule has 0 bridgehead atoms. The van der Waals surface area contributed by atoms with E-state index in [1.807, 2.05) is 6.07 Å². The van der Waals surface area contributed by atoms with E-state index in [1.165, 1.54) is 13.2 Å². The Balaban J connectivity index is 1.55. The maximum atomic E-state index is 13.2. The van der Waals surface area contributed by atoms with E-state index in [0.717, 1.165) is 11.6 Å². The number of methoxy groups -OCH3 is 2. The lowest BCUT2D eigenvalue weighted by Crippen LogP contribution is -2.10. The number of halogens is 3. The van der Waals surface area contributed by atoms with Gasteiger partial charge in [0, 0.05) is 12.0 Å². The standard InChI is InChI=1S/C22H21F3O4/c1-27-20-10-12(6-7-15(20)16-11-17(16)21(26)28-2)29-19-9-8-13-14(19)4-3-5-18(13)22(23,24)25/h3-7,10,16-17,19H,8-9,11H2,1-2H3/t16?,17?,19-/m1/s1. The van der Waals surface area contributed by atoms with Gasteiger partial charge in [0.2, 0.25) is 0 Å². The molecule has 2 aromatic carbocycles. The van der Waals surface area contributed by atoms with Crippen molar-refractivity contribution in [1.82, 2.24) is 0 Å². The molecule has 0 aliphatic heterocycles. The van der Waals surface area contributed by atoms with Crippen molar-refractivity contribution in [3.05, 3.63) is 58.7 Å². The first-order chi connectivity index (χ1) is 13.8. The Morgan fingerprint density at radius 1 is 1.10 bits per heavy atom. The lowest BCUT2D eigenvalue weighted by molar-refractivity contribution is -0.142. The molecule has 0 radical (unpaired) electrons. The average molecular weight is 406 g/mol. The molecule has 7 heteroatoms. The summed E-state index contributed by atoms with van der Waals surface area (Å²) in [6, 6.07) is 9.59. The summed E-state index contributed by atoms with van der Waals surface area (Å²) in [5.41, 5.74) is 1.21. The van der Waals surface area contributed by atoms with Gasteiger partial charge >= 0.3 is 12.1 Å². The number of hydrogen-bond donors (Lipinski definition) is 0. The Labute approximate surface area is 166 Å². The number of fused-ring (bicyclic) bond motifs is 1. The highest BCUT2D eigenvalue weighted by Crippen LogP contribution is 2.52. The van der Waals surface area contributed by atoms with Crippen LogP contribution in [-0.4, -0.2) is 20.2 Å². The molecule has 3 atom stereocenters. The second-order valence-electron chi connectivity index (χ2n) is 7.39. The van der Waals surface area contributed by atoms with E-state index in [0.29, 0.717) is 41.9 Å². The molecule has 1 saturated carbocycles. The van der Waals surface area contributed by atoms with Crippen molar-refractivity contribution in [2.45, 2.75) is 37.5 Å². The van der Waals surface area contributed by atoms with E-state index in [2.05, 4.69) is 0 Å². The predicted octanol–water partition coefficient (Wildman–Crippen LogP) is 5.06. The first kappa shape index (κ1) is 19.6. The minimum Gasteiger partial charge on any atom is -0.496 e. The highest BCUT2D eigenvalue weighted by atomic mass is 19.4. The van der Waals surface area contributed by atoms with Crippen molar-refractivity contribution >= 4 is 5.97 Å². The van der Waals surface area contributed by atoms with E-state index >= 15 is 0 Å². The van der Waals surface area contributed by atoms with Crippen LogP contribution in [0.3, 0.4) is 0 Å². The van der Waals surface area contributed by atoms with Crippen molar-refractivity contribution in [3.8, 4) is 11.5 Å². The number of rotatable bonds is 5.